The molecule has 0 atom stereocenters. The van der Waals surface area contributed by atoms with Crippen LogP contribution in [0, 0.1) is 0 Å². The summed E-state index contributed by atoms with van der Waals surface area (Å²) in [5.41, 5.74) is -0.312. The van der Waals surface area contributed by atoms with E-state index in [-0.39, 0.29) is 11.4 Å². The molecule has 0 bridgehead atoms. The largest absolute Gasteiger partial charge is 0.496 e. The Morgan fingerprint density at radius 2 is 1.58 bits per heavy atom. The van der Waals surface area contributed by atoms with Crippen molar-refractivity contribution in [3.8, 4) is 11.5 Å². The quantitative estimate of drug-likeness (QED) is 0.445. The van der Waals surface area contributed by atoms with Crippen molar-refractivity contribution in [2.24, 2.45) is 0 Å². The van der Waals surface area contributed by atoms with Crippen LogP contribution in [0.1, 0.15) is 21.0 Å². The first kappa shape index (κ1) is 20.5. The highest BCUT2D eigenvalue weighted by Crippen LogP contribution is 2.09. The van der Waals surface area contributed by atoms with E-state index in [4.69, 9.17) is 9.47 Å². The van der Waals surface area contributed by atoms with Crippen LogP contribution in [-0.2, 0) is 9.47 Å². The van der Waals surface area contributed by atoms with Crippen molar-refractivity contribution in [3.63, 3.8) is 0 Å². The molecule has 0 aliphatic heterocycles. The lowest BCUT2D eigenvalue weighted by molar-refractivity contribution is -0.906. The van der Waals surface area contributed by atoms with Gasteiger partial charge in [-0.25, -0.2) is 9.59 Å². The van der Waals surface area contributed by atoms with Gasteiger partial charge in [-0.15, -0.1) is 0 Å². The maximum atomic E-state index is 11.0. The second kappa shape index (κ2) is 9.67. The summed E-state index contributed by atoms with van der Waals surface area (Å²) in [6, 6.07) is 5.54. The number of H-pyrrole nitrogens is 1. The van der Waals surface area contributed by atoms with Gasteiger partial charge in [0.1, 0.15) is 17.2 Å². The molecule has 0 amide bonds. The van der Waals surface area contributed by atoms with Gasteiger partial charge in [0, 0.05) is 22.9 Å². The second-order valence-electron chi connectivity index (χ2n) is 4.58. The van der Waals surface area contributed by atoms with Gasteiger partial charge in [0.05, 0.1) is 34.5 Å². The molecule has 2 N–H and O–H groups in total. The van der Waals surface area contributed by atoms with Crippen LogP contribution in [0.25, 0.3) is 0 Å². The number of nitrogens with one attached hydrogen (secondary N) is 1. The Morgan fingerprint density at radius 3 is 2.12 bits per heavy atom. The molecule has 0 spiro atoms. The fourth-order valence-electron chi connectivity index (χ4n) is 1.71. The van der Waals surface area contributed by atoms with Gasteiger partial charge in [0.15, 0.2) is 0 Å². The standard InChI is InChI=1S/C8H9NO4.C8H10NO4/c1-12-5-3-6(8(11)13-2)9-7(10)4-5;1-12-6-3-4-9(11)7(5-6)8(10)13-2/h3-4H,1-2H3,(H,9,10);3-5,11H,1-2H3/q;+1. The van der Waals surface area contributed by atoms with Gasteiger partial charge < -0.3 is 23.9 Å². The van der Waals surface area contributed by atoms with E-state index in [9.17, 15) is 19.6 Å². The molecule has 2 rings (SSSR count). The fraction of sp³-hybridized carbons (Fsp3) is 0.250. The van der Waals surface area contributed by atoms with Crippen LogP contribution in [0.4, 0.5) is 0 Å². The summed E-state index contributed by atoms with van der Waals surface area (Å²) in [6.45, 7) is 0. The Hall–Kier alpha value is -3.56. The number of aromatic nitrogens is 2. The molecule has 0 aliphatic carbocycles. The number of pyridine rings is 2. The zero-order chi connectivity index (χ0) is 19.7. The lowest BCUT2D eigenvalue weighted by Gasteiger charge is -2.01. The Morgan fingerprint density at radius 1 is 0.962 bits per heavy atom. The van der Waals surface area contributed by atoms with Crippen molar-refractivity contribution < 1.29 is 38.5 Å². The van der Waals surface area contributed by atoms with Gasteiger partial charge in [-0.3, -0.25) is 10.0 Å². The van der Waals surface area contributed by atoms with E-state index in [0.717, 1.165) is 0 Å². The first-order valence-corrected chi connectivity index (χ1v) is 7.10. The van der Waals surface area contributed by atoms with Gasteiger partial charge in [-0.05, 0) is 0 Å². The summed E-state index contributed by atoms with van der Waals surface area (Å²) in [5, 5.41) is 9.19. The molecule has 0 aliphatic rings. The van der Waals surface area contributed by atoms with E-state index in [0.29, 0.717) is 16.2 Å². The smallest absolute Gasteiger partial charge is 0.408 e. The first-order chi connectivity index (χ1) is 12.4. The Balaban J connectivity index is 0.000000260. The molecule has 2 aromatic rings. The molecule has 2 heterocycles. The normalized spacial score (nSPS) is 9.38. The van der Waals surface area contributed by atoms with Crippen LogP contribution in [-0.4, -0.2) is 50.6 Å². The van der Waals surface area contributed by atoms with Crippen molar-refractivity contribution in [1.82, 2.24) is 4.98 Å². The monoisotopic (exact) mass is 367 g/mol. The molecule has 10 heteroatoms. The molecule has 0 aromatic carbocycles. The Bertz CT molecular complexity index is 831. The van der Waals surface area contributed by atoms with Crippen molar-refractivity contribution in [2.45, 2.75) is 0 Å². The Labute approximate surface area is 148 Å². The molecule has 10 nitrogen and oxygen atoms in total. The van der Waals surface area contributed by atoms with Crippen molar-refractivity contribution in [1.29, 1.82) is 0 Å². The number of carbonyl (C=O) groups excluding carboxylic acids is 2. The predicted octanol–water partition coefficient (Wildman–Crippen LogP) is 0.177. The summed E-state index contributed by atoms with van der Waals surface area (Å²) in [7, 11) is 5.36. The number of methoxy groups -OCH3 is 4. The summed E-state index contributed by atoms with van der Waals surface area (Å²) in [4.78, 5) is 35.3. The van der Waals surface area contributed by atoms with Gasteiger partial charge in [-0.1, -0.05) is 0 Å². The summed E-state index contributed by atoms with van der Waals surface area (Å²) in [6.07, 6.45) is 1.30. The number of aromatic amines is 1. The highest BCUT2D eigenvalue weighted by atomic mass is 16.5. The average Bonchev–Trinajstić information content (AvgIpc) is 2.67. The molecule has 0 radical (unpaired) electrons. The number of hydrogen-bond donors (Lipinski definition) is 2. The third-order valence-electron chi connectivity index (χ3n) is 2.99. The molecule has 2 aromatic heterocycles. The maximum absolute atomic E-state index is 11.0. The number of rotatable bonds is 4. The van der Waals surface area contributed by atoms with Crippen LogP contribution in [0.3, 0.4) is 0 Å². The highest BCUT2D eigenvalue weighted by molar-refractivity contribution is 5.87. The average molecular weight is 367 g/mol. The van der Waals surface area contributed by atoms with Crippen molar-refractivity contribution in [3.05, 3.63) is 52.2 Å². The minimum Gasteiger partial charge on any atom is -0.496 e. The SMILES string of the molecule is COC(=O)c1cc(OC)cc(=O)[nH]1.COC(=O)c1cc(OC)cc[n+]1O. The van der Waals surface area contributed by atoms with Crippen LogP contribution < -0.4 is 19.8 Å². The molecule has 0 saturated heterocycles. The zero-order valence-corrected chi connectivity index (χ0v) is 14.6. The second-order valence-corrected chi connectivity index (χ2v) is 4.58. The molecule has 0 fully saturated rings. The van der Waals surface area contributed by atoms with E-state index < -0.39 is 17.5 Å². The zero-order valence-electron chi connectivity index (χ0n) is 14.6. The fourth-order valence-corrected chi connectivity index (χ4v) is 1.71. The first-order valence-electron chi connectivity index (χ1n) is 7.10. The minimum atomic E-state index is -0.624. The molecule has 0 unspecified atom stereocenters. The summed E-state index contributed by atoms with van der Waals surface area (Å²) in [5.74, 6) is -0.424. The van der Waals surface area contributed by atoms with E-state index in [2.05, 4.69) is 14.5 Å². The van der Waals surface area contributed by atoms with Crippen molar-refractivity contribution >= 4 is 11.9 Å². The van der Waals surface area contributed by atoms with E-state index in [1.165, 1.54) is 58.9 Å². The number of ether oxygens (including phenoxy) is 4. The lowest BCUT2D eigenvalue weighted by atomic mass is 10.3. The van der Waals surface area contributed by atoms with E-state index >= 15 is 0 Å². The number of esters is 2. The third-order valence-corrected chi connectivity index (χ3v) is 2.99. The van der Waals surface area contributed by atoms with Gasteiger partial charge in [0.2, 0.25) is 6.20 Å². The van der Waals surface area contributed by atoms with Crippen molar-refractivity contribution in [2.75, 3.05) is 28.4 Å². The van der Waals surface area contributed by atoms with E-state index in [1.54, 1.807) is 0 Å². The minimum absolute atomic E-state index is 0.0156. The number of hydrogen-bond acceptors (Lipinski definition) is 8. The summed E-state index contributed by atoms with van der Waals surface area (Å²) >= 11 is 0. The lowest BCUT2D eigenvalue weighted by Crippen LogP contribution is -2.37. The van der Waals surface area contributed by atoms with Gasteiger partial charge in [-0.2, -0.15) is 0 Å². The number of carbonyl (C=O) groups is 2. The third kappa shape index (κ3) is 5.51. The van der Waals surface area contributed by atoms with Crippen LogP contribution in [0.2, 0.25) is 0 Å². The molecule has 26 heavy (non-hydrogen) atoms. The molecule has 0 saturated carbocycles. The van der Waals surface area contributed by atoms with Crippen LogP contribution >= 0.6 is 0 Å². The Kier molecular flexibility index (Phi) is 7.62. The highest BCUT2D eigenvalue weighted by Gasteiger charge is 2.21. The van der Waals surface area contributed by atoms with Crippen LogP contribution in [0.15, 0.2) is 35.3 Å². The summed E-state index contributed by atoms with van der Waals surface area (Å²) < 4.78 is 19.2. The maximum Gasteiger partial charge on any atom is 0.408 e. The topological polar surface area (TPSA) is 128 Å². The number of nitrogens with zero attached hydrogens (tertiary/aromatic N) is 1. The molecular formula is C16H19N2O8+. The van der Waals surface area contributed by atoms with Gasteiger partial charge in [0.25, 0.3) is 5.56 Å². The van der Waals surface area contributed by atoms with Gasteiger partial charge >= 0.3 is 17.6 Å². The molecular weight excluding hydrogens is 348 g/mol. The van der Waals surface area contributed by atoms with Crippen LogP contribution in [0.5, 0.6) is 11.5 Å². The van der Waals surface area contributed by atoms with E-state index in [1.807, 2.05) is 0 Å². The predicted molar refractivity (Wildman–Crippen MR) is 86.7 cm³/mol. The molecule has 140 valence electrons.